The maximum absolute atomic E-state index is 13.6. The molecule has 3 rings (SSSR count). The highest BCUT2D eigenvalue weighted by Crippen LogP contribution is 2.50. The minimum Gasteiger partial charge on any atom is -0.367 e. The van der Waals surface area contributed by atoms with E-state index in [1.165, 1.54) is 0 Å². The van der Waals surface area contributed by atoms with Crippen LogP contribution in [0.2, 0.25) is 0 Å². The van der Waals surface area contributed by atoms with E-state index >= 15 is 0 Å². The van der Waals surface area contributed by atoms with Crippen LogP contribution in [0.25, 0.3) is 0 Å². The van der Waals surface area contributed by atoms with Gasteiger partial charge in [0, 0.05) is 5.92 Å². The lowest BCUT2D eigenvalue weighted by molar-refractivity contribution is -0.222. The van der Waals surface area contributed by atoms with Crippen LogP contribution in [0.15, 0.2) is 0 Å². The number of rotatable bonds is 5. The Balaban J connectivity index is 1.73. The molecule has 1 saturated heterocycles. The van der Waals surface area contributed by atoms with Crippen LogP contribution in [0, 0.1) is 11.8 Å². The van der Waals surface area contributed by atoms with Crippen LogP contribution in [0.4, 0.5) is 26.3 Å². The van der Waals surface area contributed by atoms with Crippen LogP contribution >= 0.6 is 0 Å². The first kappa shape index (κ1) is 23.0. The summed E-state index contributed by atoms with van der Waals surface area (Å²) in [5, 5.41) is -4.51. The van der Waals surface area contributed by atoms with Crippen molar-refractivity contribution in [1.29, 1.82) is 0 Å². The SMILES string of the molecule is O=S(=O)(O)C(F)(F)COC12CCCC(CC(C3OCC(F)(F)C(F)(F)CO3)C1)C2. The molecule has 1 heterocycles. The molecule has 1 aliphatic heterocycles. The summed E-state index contributed by atoms with van der Waals surface area (Å²) in [6, 6.07) is 0. The van der Waals surface area contributed by atoms with Crippen molar-refractivity contribution in [3.05, 3.63) is 0 Å². The first-order valence-electron chi connectivity index (χ1n) is 9.14. The van der Waals surface area contributed by atoms with Crippen molar-refractivity contribution in [3.8, 4) is 0 Å². The first-order chi connectivity index (χ1) is 13.2. The Morgan fingerprint density at radius 1 is 1.07 bits per heavy atom. The fourth-order valence-electron chi connectivity index (χ4n) is 4.43. The minimum absolute atomic E-state index is 0.00708. The Bertz CT molecular complexity index is 699. The number of fused-ring (bicyclic) bond motifs is 2. The Labute approximate surface area is 163 Å². The van der Waals surface area contributed by atoms with Gasteiger partial charge in [0.1, 0.15) is 19.8 Å². The van der Waals surface area contributed by atoms with E-state index in [2.05, 4.69) is 0 Å². The molecule has 170 valence electrons. The van der Waals surface area contributed by atoms with Gasteiger partial charge in [0.25, 0.3) is 0 Å². The maximum atomic E-state index is 13.6. The quantitative estimate of drug-likeness (QED) is 0.504. The highest BCUT2D eigenvalue weighted by molar-refractivity contribution is 7.86. The van der Waals surface area contributed by atoms with Crippen molar-refractivity contribution in [2.45, 2.75) is 67.5 Å². The molecule has 1 N–H and O–H groups in total. The Kier molecular flexibility index (Phi) is 5.96. The summed E-state index contributed by atoms with van der Waals surface area (Å²) in [5.74, 6) is -9.55. The zero-order valence-electron chi connectivity index (χ0n) is 15.3. The second-order valence-corrected chi connectivity index (χ2v) is 9.69. The predicted octanol–water partition coefficient (Wildman–Crippen LogP) is 3.47. The molecular weight excluding hydrogens is 434 g/mol. The molecule has 2 bridgehead atoms. The van der Waals surface area contributed by atoms with E-state index in [0.29, 0.717) is 32.1 Å². The van der Waals surface area contributed by atoms with Crippen molar-refractivity contribution in [3.63, 3.8) is 0 Å². The smallest absolute Gasteiger partial charge is 0.367 e. The van der Waals surface area contributed by atoms with E-state index in [9.17, 15) is 34.8 Å². The molecule has 2 saturated carbocycles. The van der Waals surface area contributed by atoms with Gasteiger partial charge >= 0.3 is 27.2 Å². The van der Waals surface area contributed by atoms with Gasteiger partial charge in [-0.1, -0.05) is 12.8 Å². The van der Waals surface area contributed by atoms with Crippen LogP contribution in [-0.4, -0.2) is 61.8 Å². The number of alkyl halides is 6. The lowest BCUT2D eigenvalue weighted by Crippen LogP contribution is -2.50. The minimum atomic E-state index is -5.67. The van der Waals surface area contributed by atoms with Gasteiger partial charge in [-0.05, 0) is 31.6 Å². The number of hydrogen-bond acceptors (Lipinski definition) is 5. The third-order valence-corrected chi connectivity index (χ3v) is 6.75. The normalized spacial score (nSPS) is 35.8. The second-order valence-electron chi connectivity index (χ2n) is 8.15. The predicted molar refractivity (Wildman–Crippen MR) is 85.4 cm³/mol. The molecular formula is C16H22F6O6S. The van der Waals surface area contributed by atoms with Crippen LogP contribution in [0.3, 0.4) is 0 Å². The van der Waals surface area contributed by atoms with E-state index in [4.69, 9.17) is 18.8 Å². The van der Waals surface area contributed by atoms with Gasteiger partial charge < -0.3 is 14.2 Å². The van der Waals surface area contributed by atoms with E-state index in [1.807, 2.05) is 0 Å². The highest BCUT2D eigenvalue weighted by Gasteiger charge is 2.60. The van der Waals surface area contributed by atoms with Crippen molar-refractivity contribution >= 4 is 10.1 Å². The van der Waals surface area contributed by atoms with Gasteiger partial charge in [0.15, 0.2) is 6.29 Å². The first-order valence-corrected chi connectivity index (χ1v) is 10.6. The van der Waals surface area contributed by atoms with E-state index in [1.54, 1.807) is 0 Å². The Morgan fingerprint density at radius 2 is 1.66 bits per heavy atom. The molecule has 0 spiro atoms. The fraction of sp³-hybridized carbons (Fsp3) is 1.00. The van der Waals surface area contributed by atoms with Gasteiger partial charge in [-0.3, -0.25) is 4.55 Å². The summed E-state index contributed by atoms with van der Waals surface area (Å²) >= 11 is 0. The summed E-state index contributed by atoms with van der Waals surface area (Å²) in [6.45, 7) is -4.66. The molecule has 0 aromatic carbocycles. The van der Waals surface area contributed by atoms with Gasteiger partial charge in [-0.25, -0.2) is 0 Å². The zero-order chi connectivity index (χ0) is 21.7. The van der Waals surface area contributed by atoms with Crippen LogP contribution in [0.1, 0.15) is 38.5 Å². The molecule has 13 heteroatoms. The zero-order valence-corrected chi connectivity index (χ0v) is 16.1. The molecule has 0 radical (unpaired) electrons. The van der Waals surface area contributed by atoms with Crippen LogP contribution in [-0.2, 0) is 24.3 Å². The van der Waals surface area contributed by atoms with Gasteiger partial charge in [0.05, 0.1) is 5.60 Å². The number of hydrogen-bond donors (Lipinski definition) is 1. The molecule has 6 nitrogen and oxygen atoms in total. The Hall–Kier alpha value is -0.630. The molecule has 2 aliphatic carbocycles. The molecule has 3 fully saturated rings. The molecule has 0 aromatic rings. The molecule has 0 aromatic heterocycles. The van der Waals surface area contributed by atoms with Gasteiger partial charge in [-0.15, -0.1) is 0 Å². The van der Waals surface area contributed by atoms with Gasteiger partial charge in [-0.2, -0.15) is 34.8 Å². The van der Waals surface area contributed by atoms with E-state index in [-0.39, 0.29) is 12.3 Å². The maximum Gasteiger partial charge on any atom is 0.392 e. The summed E-state index contributed by atoms with van der Waals surface area (Å²) in [5.41, 5.74) is -1.20. The standard InChI is InChI=1S/C16H22F6O6S/c17-14(18)7-26-12(27-8-15(14,19)20)11-4-10-2-1-3-13(5-10,6-11)28-9-16(21,22)29(23,24)25/h10-12H,1-9H2,(H,23,24,25). The summed E-state index contributed by atoms with van der Waals surface area (Å²) in [6.07, 6.45) is 0.909. The van der Waals surface area contributed by atoms with E-state index < -0.39 is 64.8 Å². The summed E-state index contributed by atoms with van der Waals surface area (Å²) in [7, 11) is -5.67. The fourth-order valence-corrected chi connectivity index (χ4v) is 4.64. The second kappa shape index (κ2) is 7.50. The van der Waals surface area contributed by atoms with E-state index in [0.717, 1.165) is 0 Å². The molecule has 3 unspecified atom stereocenters. The average Bonchev–Trinajstić information content (AvgIpc) is 2.68. The van der Waals surface area contributed by atoms with Crippen molar-refractivity contribution in [2.75, 3.05) is 19.8 Å². The van der Waals surface area contributed by atoms with Crippen molar-refractivity contribution in [1.82, 2.24) is 0 Å². The number of halogens is 6. The topological polar surface area (TPSA) is 82.1 Å². The summed E-state index contributed by atoms with van der Waals surface area (Å²) < 4.78 is 127. The molecule has 3 aliphatic rings. The Morgan fingerprint density at radius 3 is 2.21 bits per heavy atom. The van der Waals surface area contributed by atoms with Crippen molar-refractivity contribution < 1.29 is 53.5 Å². The number of ether oxygens (including phenoxy) is 3. The third-order valence-electron chi connectivity index (χ3n) is 5.88. The van der Waals surface area contributed by atoms with Crippen molar-refractivity contribution in [2.24, 2.45) is 11.8 Å². The highest BCUT2D eigenvalue weighted by atomic mass is 32.2. The molecule has 0 amide bonds. The van der Waals surface area contributed by atoms with Gasteiger partial charge in [0.2, 0.25) is 0 Å². The van der Waals surface area contributed by atoms with Crippen LogP contribution < -0.4 is 0 Å². The lowest BCUT2D eigenvalue weighted by atomic mass is 9.65. The largest absolute Gasteiger partial charge is 0.392 e. The average molecular weight is 456 g/mol. The monoisotopic (exact) mass is 456 g/mol. The summed E-state index contributed by atoms with van der Waals surface area (Å²) in [4.78, 5) is 0. The molecule has 3 atom stereocenters. The third kappa shape index (κ3) is 4.68. The van der Waals surface area contributed by atoms with Crippen LogP contribution in [0.5, 0.6) is 0 Å². The lowest BCUT2D eigenvalue weighted by Gasteiger charge is -2.49. The molecule has 29 heavy (non-hydrogen) atoms.